The molecule has 0 aliphatic rings. The Kier molecular flexibility index (Phi) is 3.61. The third kappa shape index (κ3) is 2.67. The molecule has 0 spiro atoms. The Morgan fingerprint density at radius 2 is 2.28 bits per heavy atom. The Balaban J connectivity index is 2.29. The van der Waals surface area contributed by atoms with Crippen molar-refractivity contribution in [1.82, 2.24) is 9.97 Å². The smallest absolute Gasteiger partial charge is 0.223 e. The average Bonchev–Trinajstić information content (AvgIpc) is 2.71. The van der Waals surface area contributed by atoms with Crippen molar-refractivity contribution in [1.29, 1.82) is 0 Å². The number of thiophene rings is 1. The molecule has 6 nitrogen and oxygen atoms in total. The maximum Gasteiger partial charge on any atom is 0.223 e. The third-order valence-corrected chi connectivity index (χ3v) is 3.65. The summed E-state index contributed by atoms with van der Waals surface area (Å²) < 4.78 is 0. The molecule has 0 radical (unpaired) electrons. The Morgan fingerprint density at radius 3 is 2.94 bits per heavy atom. The fourth-order valence-corrected chi connectivity index (χ4v) is 2.58. The molecule has 2 aromatic rings. The third-order valence-electron chi connectivity index (χ3n) is 2.47. The van der Waals surface area contributed by atoms with Gasteiger partial charge in [0.05, 0.1) is 5.39 Å². The number of nitrogens with two attached hydrogens (primary N) is 2. The van der Waals surface area contributed by atoms with Crippen LogP contribution in [0.2, 0.25) is 0 Å². The molecule has 0 fully saturated rings. The molecule has 0 aliphatic heterocycles. The summed E-state index contributed by atoms with van der Waals surface area (Å²) in [6.45, 7) is 2.53. The van der Waals surface area contributed by atoms with Crippen molar-refractivity contribution in [2.45, 2.75) is 19.8 Å². The van der Waals surface area contributed by atoms with E-state index in [1.807, 2.05) is 6.07 Å². The van der Waals surface area contributed by atoms with Crippen molar-refractivity contribution in [3.05, 3.63) is 10.9 Å². The highest BCUT2D eigenvalue weighted by molar-refractivity contribution is 7.18. The van der Waals surface area contributed by atoms with Crippen LogP contribution in [0.4, 0.5) is 11.8 Å². The number of amides is 1. The van der Waals surface area contributed by atoms with E-state index >= 15 is 0 Å². The number of aromatic nitrogens is 2. The van der Waals surface area contributed by atoms with E-state index in [1.54, 1.807) is 11.3 Å². The molecule has 0 aliphatic carbocycles. The SMILES string of the molecule is CCc1cc2c(NCCC(N)=O)nc(N)nc2s1. The predicted octanol–water partition coefficient (Wildman–Crippen LogP) is 1.12. The molecule has 18 heavy (non-hydrogen) atoms. The van der Waals surface area contributed by atoms with E-state index in [4.69, 9.17) is 11.5 Å². The molecule has 0 saturated heterocycles. The second-order valence-corrected chi connectivity index (χ2v) is 4.97. The Bertz CT molecular complexity index is 580. The molecule has 2 rings (SSSR count). The lowest BCUT2D eigenvalue weighted by Gasteiger charge is -2.05. The summed E-state index contributed by atoms with van der Waals surface area (Å²) in [7, 11) is 0. The van der Waals surface area contributed by atoms with E-state index in [2.05, 4.69) is 22.2 Å². The molecule has 2 aromatic heterocycles. The van der Waals surface area contributed by atoms with Crippen LogP contribution >= 0.6 is 11.3 Å². The summed E-state index contributed by atoms with van der Waals surface area (Å²) in [5, 5.41) is 4.01. The number of carbonyl (C=O) groups excluding carboxylic acids is 1. The minimum Gasteiger partial charge on any atom is -0.370 e. The number of hydrogen-bond donors (Lipinski definition) is 3. The molecular weight excluding hydrogens is 250 g/mol. The molecule has 1 amide bonds. The molecule has 0 unspecified atom stereocenters. The van der Waals surface area contributed by atoms with Gasteiger partial charge in [-0.15, -0.1) is 11.3 Å². The standard InChI is InChI=1S/C11H15N5OS/c1-2-6-5-7-9(14-4-3-8(12)17)15-11(13)16-10(7)18-6/h5H,2-4H2,1H3,(H2,12,17)(H3,13,14,15,16). The summed E-state index contributed by atoms with van der Waals surface area (Å²) in [5.41, 5.74) is 10.8. The van der Waals surface area contributed by atoms with Crippen LogP contribution in [0.15, 0.2) is 6.07 Å². The van der Waals surface area contributed by atoms with Gasteiger partial charge in [0, 0.05) is 17.8 Å². The van der Waals surface area contributed by atoms with Crippen LogP contribution in [0.1, 0.15) is 18.2 Å². The number of aryl methyl sites for hydroxylation is 1. The molecule has 2 heterocycles. The second kappa shape index (κ2) is 5.18. The van der Waals surface area contributed by atoms with E-state index in [-0.39, 0.29) is 18.3 Å². The monoisotopic (exact) mass is 265 g/mol. The zero-order valence-electron chi connectivity index (χ0n) is 10.1. The van der Waals surface area contributed by atoms with Crippen LogP contribution in [0, 0.1) is 0 Å². The van der Waals surface area contributed by atoms with Crippen molar-refractivity contribution in [3.63, 3.8) is 0 Å². The maximum atomic E-state index is 10.7. The van der Waals surface area contributed by atoms with Gasteiger partial charge in [0.15, 0.2) is 0 Å². The molecule has 0 aromatic carbocycles. The van der Waals surface area contributed by atoms with Crippen LogP contribution in [0.3, 0.4) is 0 Å². The van der Waals surface area contributed by atoms with Gasteiger partial charge in [-0.05, 0) is 12.5 Å². The number of carbonyl (C=O) groups is 1. The van der Waals surface area contributed by atoms with Gasteiger partial charge < -0.3 is 16.8 Å². The lowest BCUT2D eigenvalue weighted by Crippen LogP contribution is -2.16. The van der Waals surface area contributed by atoms with Gasteiger partial charge in [-0.2, -0.15) is 4.98 Å². The zero-order chi connectivity index (χ0) is 13.1. The fraction of sp³-hybridized carbons (Fsp3) is 0.364. The lowest BCUT2D eigenvalue weighted by atomic mass is 10.3. The first-order chi connectivity index (χ1) is 8.60. The topological polar surface area (TPSA) is 107 Å². The van der Waals surface area contributed by atoms with E-state index in [1.165, 1.54) is 4.88 Å². The van der Waals surface area contributed by atoms with Crippen LogP contribution in [-0.2, 0) is 11.2 Å². The molecule has 7 heteroatoms. The molecule has 0 bridgehead atoms. The quantitative estimate of drug-likeness (QED) is 0.751. The van der Waals surface area contributed by atoms with Gasteiger partial charge in [0.25, 0.3) is 0 Å². The number of anilines is 2. The summed E-state index contributed by atoms with van der Waals surface area (Å²) in [4.78, 5) is 21.1. The van der Waals surface area contributed by atoms with Gasteiger partial charge in [-0.3, -0.25) is 4.79 Å². The summed E-state index contributed by atoms with van der Waals surface area (Å²) in [5.74, 6) is 0.545. The van der Waals surface area contributed by atoms with Crippen molar-refractivity contribution in [2.24, 2.45) is 5.73 Å². The van der Waals surface area contributed by atoms with Gasteiger partial charge in [0.1, 0.15) is 10.6 Å². The Hall–Kier alpha value is -1.89. The Morgan fingerprint density at radius 1 is 1.50 bits per heavy atom. The van der Waals surface area contributed by atoms with E-state index in [0.29, 0.717) is 12.4 Å². The maximum absolute atomic E-state index is 10.7. The van der Waals surface area contributed by atoms with E-state index in [9.17, 15) is 4.79 Å². The number of nitrogens with zero attached hydrogens (tertiary/aromatic N) is 2. The largest absolute Gasteiger partial charge is 0.370 e. The van der Waals surface area contributed by atoms with Crippen LogP contribution in [0.25, 0.3) is 10.2 Å². The van der Waals surface area contributed by atoms with Gasteiger partial charge in [-0.25, -0.2) is 4.98 Å². The van der Waals surface area contributed by atoms with Gasteiger partial charge >= 0.3 is 0 Å². The first-order valence-corrected chi connectivity index (χ1v) is 6.50. The number of primary amides is 1. The first kappa shape index (κ1) is 12.6. The van der Waals surface area contributed by atoms with E-state index in [0.717, 1.165) is 16.6 Å². The highest BCUT2D eigenvalue weighted by atomic mass is 32.1. The lowest BCUT2D eigenvalue weighted by molar-refractivity contribution is -0.117. The van der Waals surface area contributed by atoms with E-state index < -0.39 is 0 Å². The predicted molar refractivity (Wildman–Crippen MR) is 73.5 cm³/mol. The molecule has 5 N–H and O–H groups in total. The Labute approximate surface area is 108 Å². The zero-order valence-corrected chi connectivity index (χ0v) is 10.9. The van der Waals surface area contributed by atoms with Crippen LogP contribution in [0.5, 0.6) is 0 Å². The van der Waals surface area contributed by atoms with Crippen molar-refractivity contribution in [2.75, 3.05) is 17.6 Å². The van der Waals surface area contributed by atoms with Crippen molar-refractivity contribution < 1.29 is 4.79 Å². The highest BCUT2D eigenvalue weighted by Crippen LogP contribution is 2.29. The molecule has 0 atom stereocenters. The number of rotatable bonds is 5. The van der Waals surface area contributed by atoms with Crippen LogP contribution < -0.4 is 16.8 Å². The minimum atomic E-state index is -0.347. The van der Waals surface area contributed by atoms with Gasteiger partial charge in [-0.1, -0.05) is 6.92 Å². The second-order valence-electron chi connectivity index (χ2n) is 3.86. The number of nitrogen functional groups attached to an aromatic ring is 1. The fourth-order valence-electron chi connectivity index (χ4n) is 1.60. The van der Waals surface area contributed by atoms with Gasteiger partial charge in [0.2, 0.25) is 11.9 Å². The minimum absolute atomic E-state index is 0.230. The summed E-state index contributed by atoms with van der Waals surface area (Å²) in [6, 6.07) is 2.05. The normalized spacial score (nSPS) is 10.7. The first-order valence-electron chi connectivity index (χ1n) is 5.68. The summed E-state index contributed by atoms with van der Waals surface area (Å²) in [6.07, 6.45) is 1.21. The molecular formula is C11H15N5OS. The van der Waals surface area contributed by atoms with Crippen molar-refractivity contribution >= 4 is 39.2 Å². The molecule has 96 valence electrons. The van der Waals surface area contributed by atoms with Crippen molar-refractivity contribution in [3.8, 4) is 0 Å². The number of fused-ring (bicyclic) bond motifs is 1. The highest BCUT2D eigenvalue weighted by Gasteiger charge is 2.10. The number of hydrogen-bond acceptors (Lipinski definition) is 6. The number of nitrogens with one attached hydrogen (secondary N) is 1. The average molecular weight is 265 g/mol. The molecule has 0 saturated carbocycles. The summed E-state index contributed by atoms with van der Waals surface area (Å²) >= 11 is 1.60. The van der Waals surface area contributed by atoms with Crippen LogP contribution in [-0.4, -0.2) is 22.4 Å².